The summed E-state index contributed by atoms with van der Waals surface area (Å²) in [6, 6.07) is 3.94. The fraction of sp³-hybridized carbons (Fsp3) is 0.444. The third-order valence-corrected chi connectivity index (χ3v) is 3.45. The van der Waals surface area contributed by atoms with Crippen molar-refractivity contribution in [3.05, 3.63) is 15.9 Å². The number of rotatable bonds is 5. The molecule has 3 nitrogen and oxygen atoms in total. The molecule has 5 heteroatoms. The van der Waals surface area contributed by atoms with Crippen molar-refractivity contribution in [1.82, 2.24) is 0 Å². The summed E-state index contributed by atoms with van der Waals surface area (Å²) in [7, 11) is 0. The average molecular weight is 278 g/mol. The lowest BCUT2D eigenvalue weighted by Crippen LogP contribution is -2.14. The van der Waals surface area contributed by atoms with E-state index in [1.54, 1.807) is 18.3 Å². The second kappa shape index (κ2) is 5.36. The number of hydrogen-bond donors (Lipinski definition) is 2. The zero-order valence-corrected chi connectivity index (χ0v) is 10.2. The molecule has 0 aliphatic carbocycles. The molecule has 0 bridgehead atoms. The van der Waals surface area contributed by atoms with Crippen LogP contribution in [-0.2, 0) is 4.79 Å². The van der Waals surface area contributed by atoms with Gasteiger partial charge in [0.25, 0.3) is 0 Å². The highest BCUT2D eigenvalue weighted by atomic mass is 79.9. The Kier molecular flexibility index (Phi) is 4.41. The van der Waals surface area contributed by atoms with Crippen LogP contribution < -0.4 is 5.32 Å². The summed E-state index contributed by atoms with van der Waals surface area (Å²) < 4.78 is 1.08. The summed E-state index contributed by atoms with van der Waals surface area (Å²) in [6.07, 6.45) is 0.644. The van der Waals surface area contributed by atoms with Gasteiger partial charge >= 0.3 is 5.97 Å². The highest BCUT2D eigenvalue weighted by molar-refractivity contribution is 9.11. The third kappa shape index (κ3) is 3.67. The maximum absolute atomic E-state index is 10.5. The van der Waals surface area contributed by atoms with Crippen LogP contribution in [0.4, 0.5) is 5.00 Å². The van der Waals surface area contributed by atoms with E-state index in [1.807, 2.05) is 12.1 Å². The summed E-state index contributed by atoms with van der Waals surface area (Å²) in [5.74, 6) is -1.02. The topological polar surface area (TPSA) is 49.3 Å². The second-order valence-corrected chi connectivity index (χ2v) is 5.52. The number of halogens is 1. The molecule has 1 aromatic rings. The molecule has 2 N–H and O–H groups in total. The van der Waals surface area contributed by atoms with Crippen LogP contribution in [0.5, 0.6) is 0 Å². The molecule has 1 rings (SSSR count). The number of carboxylic acids is 1. The van der Waals surface area contributed by atoms with Crippen LogP contribution >= 0.6 is 27.3 Å². The maximum Gasteiger partial charge on any atom is 0.306 e. The van der Waals surface area contributed by atoms with Crippen LogP contribution in [0.15, 0.2) is 15.9 Å². The van der Waals surface area contributed by atoms with Gasteiger partial charge in [0, 0.05) is 6.54 Å². The number of thiophene rings is 1. The molecule has 0 aliphatic heterocycles. The van der Waals surface area contributed by atoms with E-state index in [0.29, 0.717) is 13.0 Å². The summed E-state index contributed by atoms with van der Waals surface area (Å²) in [5, 5.41) is 12.9. The Bertz CT molecular complexity index is 314. The van der Waals surface area contributed by atoms with E-state index in [2.05, 4.69) is 21.2 Å². The molecule has 0 amide bonds. The van der Waals surface area contributed by atoms with Crippen molar-refractivity contribution in [2.24, 2.45) is 5.92 Å². The highest BCUT2D eigenvalue weighted by Crippen LogP contribution is 2.26. The van der Waals surface area contributed by atoms with Gasteiger partial charge in [0.1, 0.15) is 0 Å². The molecule has 0 saturated heterocycles. The number of anilines is 1. The van der Waals surface area contributed by atoms with E-state index in [4.69, 9.17) is 5.11 Å². The SMILES string of the molecule is CC(CCNc1ccc(Br)s1)C(=O)O. The minimum Gasteiger partial charge on any atom is -0.481 e. The number of carbonyl (C=O) groups is 1. The lowest BCUT2D eigenvalue weighted by atomic mass is 10.1. The molecule has 1 aromatic heterocycles. The van der Waals surface area contributed by atoms with E-state index < -0.39 is 5.97 Å². The molecule has 0 aliphatic rings. The minimum atomic E-state index is -0.737. The maximum atomic E-state index is 10.5. The largest absolute Gasteiger partial charge is 0.481 e. The zero-order valence-electron chi connectivity index (χ0n) is 7.79. The van der Waals surface area contributed by atoms with E-state index in [-0.39, 0.29) is 5.92 Å². The predicted molar refractivity (Wildman–Crippen MR) is 61.9 cm³/mol. The average Bonchev–Trinajstić information content (AvgIpc) is 2.51. The zero-order chi connectivity index (χ0) is 10.6. The first-order chi connectivity index (χ1) is 6.59. The molecule has 1 atom stereocenters. The summed E-state index contributed by atoms with van der Waals surface area (Å²) in [5.41, 5.74) is 0. The first-order valence-corrected chi connectivity index (χ1v) is 5.92. The summed E-state index contributed by atoms with van der Waals surface area (Å²) in [6.45, 7) is 2.41. The van der Waals surface area contributed by atoms with Crippen LogP contribution in [0, 0.1) is 5.92 Å². The Morgan fingerprint density at radius 2 is 2.43 bits per heavy atom. The summed E-state index contributed by atoms with van der Waals surface area (Å²) >= 11 is 4.97. The van der Waals surface area contributed by atoms with E-state index in [9.17, 15) is 4.79 Å². The molecule has 0 aromatic carbocycles. The van der Waals surface area contributed by atoms with E-state index in [1.165, 1.54) is 0 Å². The van der Waals surface area contributed by atoms with Crippen molar-refractivity contribution in [3.8, 4) is 0 Å². The monoisotopic (exact) mass is 277 g/mol. The van der Waals surface area contributed by atoms with Crippen molar-refractivity contribution >= 4 is 38.2 Å². The predicted octanol–water partition coefficient (Wildman–Crippen LogP) is 3.03. The van der Waals surface area contributed by atoms with Crippen LogP contribution in [0.2, 0.25) is 0 Å². The van der Waals surface area contributed by atoms with Gasteiger partial charge in [0.2, 0.25) is 0 Å². The Morgan fingerprint density at radius 1 is 1.71 bits per heavy atom. The third-order valence-electron chi connectivity index (χ3n) is 1.87. The quantitative estimate of drug-likeness (QED) is 0.870. The van der Waals surface area contributed by atoms with Crippen LogP contribution in [-0.4, -0.2) is 17.6 Å². The van der Waals surface area contributed by atoms with Crippen LogP contribution in [0.1, 0.15) is 13.3 Å². The molecule has 0 fully saturated rings. The van der Waals surface area contributed by atoms with Crippen molar-refractivity contribution in [1.29, 1.82) is 0 Å². The van der Waals surface area contributed by atoms with Gasteiger partial charge in [0.05, 0.1) is 14.7 Å². The number of nitrogens with one attached hydrogen (secondary N) is 1. The van der Waals surface area contributed by atoms with Gasteiger partial charge in [-0.25, -0.2) is 0 Å². The van der Waals surface area contributed by atoms with Gasteiger partial charge in [0.15, 0.2) is 0 Å². The van der Waals surface area contributed by atoms with Crippen LogP contribution in [0.25, 0.3) is 0 Å². The second-order valence-electron chi connectivity index (χ2n) is 3.06. The standard InChI is InChI=1S/C9H12BrNO2S/c1-6(9(12)13)4-5-11-8-3-2-7(10)14-8/h2-3,6,11H,4-5H2,1H3,(H,12,13). The van der Waals surface area contributed by atoms with Crippen LogP contribution in [0.3, 0.4) is 0 Å². The Morgan fingerprint density at radius 3 is 2.93 bits per heavy atom. The molecule has 0 spiro atoms. The molecule has 1 heterocycles. The van der Waals surface area contributed by atoms with Gasteiger partial charge in [-0.15, -0.1) is 11.3 Å². The molecule has 0 radical (unpaired) electrons. The van der Waals surface area contributed by atoms with E-state index >= 15 is 0 Å². The van der Waals surface area contributed by atoms with Gasteiger partial charge in [-0.3, -0.25) is 4.79 Å². The van der Waals surface area contributed by atoms with Crippen molar-refractivity contribution < 1.29 is 9.90 Å². The van der Waals surface area contributed by atoms with Gasteiger partial charge in [-0.05, 0) is 34.5 Å². The number of hydrogen-bond acceptors (Lipinski definition) is 3. The molecule has 1 unspecified atom stereocenters. The highest BCUT2D eigenvalue weighted by Gasteiger charge is 2.09. The Hall–Kier alpha value is -0.550. The molecule has 78 valence electrons. The minimum absolute atomic E-state index is 0.286. The Labute approximate surface area is 95.3 Å². The van der Waals surface area contributed by atoms with Crippen molar-refractivity contribution in [2.75, 3.05) is 11.9 Å². The molecular weight excluding hydrogens is 266 g/mol. The lowest BCUT2D eigenvalue weighted by molar-refractivity contribution is -0.141. The Balaban J connectivity index is 2.25. The first-order valence-electron chi connectivity index (χ1n) is 4.31. The van der Waals surface area contributed by atoms with Crippen molar-refractivity contribution in [2.45, 2.75) is 13.3 Å². The lowest BCUT2D eigenvalue weighted by Gasteiger charge is -2.06. The van der Waals surface area contributed by atoms with Crippen molar-refractivity contribution in [3.63, 3.8) is 0 Å². The molecule has 14 heavy (non-hydrogen) atoms. The molecular formula is C9H12BrNO2S. The van der Waals surface area contributed by atoms with Gasteiger partial charge in [-0.1, -0.05) is 6.92 Å². The van der Waals surface area contributed by atoms with E-state index in [0.717, 1.165) is 8.79 Å². The first kappa shape index (κ1) is 11.5. The van der Waals surface area contributed by atoms with Gasteiger partial charge < -0.3 is 10.4 Å². The number of aliphatic carboxylic acids is 1. The fourth-order valence-corrected chi connectivity index (χ4v) is 2.26. The number of carboxylic acid groups (broad SMARTS) is 1. The normalized spacial score (nSPS) is 12.4. The fourth-order valence-electron chi connectivity index (χ4n) is 0.945. The molecule has 0 saturated carbocycles. The summed E-state index contributed by atoms with van der Waals surface area (Å²) in [4.78, 5) is 10.5. The van der Waals surface area contributed by atoms with Gasteiger partial charge in [-0.2, -0.15) is 0 Å². The smallest absolute Gasteiger partial charge is 0.306 e.